The lowest BCUT2D eigenvalue weighted by Crippen LogP contribution is -2.28. The molecule has 0 fully saturated rings. The Kier molecular flexibility index (Phi) is 1.86. The van der Waals surface area contributed by atoms with E-state index in [-0.39, 0.29) is 5.91 Å². The lowest BCUT2D eigenvalue weighted by atomic mass is 9.83. The first-order chi connectivity index (χ1) is 6.57. The van der Waals surface area contributed by atoms with Crippen LogP contribution >= 0.6 is 0 Å². The van der Waals surface area contributed by atoms with Crippen LogP contribution in [-0.4, -0.2) is 5.91 Å². The van der Waals surface area contributed by atoms with Crippen molar-refractivity contribution in [1.82, 2.24) is 0 Å². The third-order valence-electron chi connectivity index (χ3n) is 2.81. The number of amides is 1. The molecule has 3 heteroatoms. The Bertz CT molecular complexity index is 396. The fourth-order valence-electron chi connectivity index (χ4n) is 2.00. The summed E-state index contributed by atoms with van der Waals surface area (Å²) in [4.78, 5) is 11.7. The largest absolute Gasteiger partial charge is 0.326 e. The molecule has 14 heavy (non-hydrogen) atoms. The van der Waals surface area contributed by atoms with Crippen molar-refractivity contribution in [3.63, 3.8) is 0 Å². The molecule has 74 valence electrons. The highest BCUT2D eigenvalue weighted by atomic mass is 16.2. The highest BCUT2D eigenvalue weighted by molar-refractivity contribution is 6.06. The van der Waals surface area contributed by atoms with Crippen LogP contribution in [0.15, 0.2) is 18.2 Å². The van der Waals surface area contributed by atoms with Gasteiger partial charge in [-0.15, -0.1) is 0 Å². The Morgan fingerprint density at radius 1 is 1.43 bits per heavy atom. The van der Waals surface area contributed by atoms with Crippen molar-refractivity contribution in [3.8, 4) is 0 Å². The number of hydrogen-bond acceptors (Lipinski definition) is 2. The first kappa shape index (κ1) is 9.21. The fourth-order valence-corrected chi connectivity index (χ4v) is 2.00. The van der Waals surface area contributed by atoms with Crippen molar-refractivity contribution in [1.29, 1.82) is 0 Å². The van der Waals surface area contributed by atoms with E-state index in [0.29, 0.717) is 6.54 Å². The zero-order valence-electron chi connectivity index (χ0n) is 8.42. The normalized spacial score (nSPS) is 17.8. The number of nitrogens with two attached hydrogens (primary N) is 1. The Balaban J connectivity index is 2.66. The molecule has 1 aromatic rings. The number of nitrogens with one attached hydrogen (secondary N) is 1. The van der Waals surface area contributed by atoms with E-state index in [1.807, 2.05) is 32.0 Å². The van der Waals surface area contributed by atoms with E-state index in [4.69, 9.17) is 5.73 Å². The number of carbonyl (C=O) groups excluding carboxylic acids is 1. The molecule has 3 nitrogen and oxygen atoms in total. The van der Waals surface area contributed by atoms with Gasteiger partial charge in [-0.3, -0.25) is 4.79 Å². The van der Waals surface area contributed by atoms with E-state index in [0.717, 1.165) is 16.8 Å². The van der Waals surface area contributed by atoms with Crippen molar-refractivity contribution in [2.75, 3.05) is 5.32 Å². The minimum atomic E-state index is -0.453. The first-order valence-electron chi connectivity index (χ1n) is 4.71. The van der Waals surface area contributed by atoms with Gasteiger partial charge in [0, 0.05) is 12.2 Å². The molecule has 1 aliphatic heterocycles. The van der Waals surface area contributed by atoms with Crippen molar-refractivity contribution >= 4 is 11.6 Å². The first-order valence-corrected chi connectivity index (χ1v) is 4.71. The van der Waals surface area contributed by atoms with Crippen LogP contribution in [0.25, 0.3) is 0 Å². The number of benzene rings is 1. The van der Waals surface area contributed by atoms with E-state index in [1.54, 1.807) is 0 Å². The van der Waals surface area contributed by atoms with Crippen LogP contribution in [-0.2, 0) is 16.8 Å². The molecule has 0 spiro atoms. The molecule has 1 aromatic carbocycles. The molecule has 0 aliphatic carbocycles. The summed E-state index contributed by atoms with van der Waals surface area (Å²) in [7, 11) is 0. The van der Waals surface area contributed by atoms with Gasteiger partial charge in [0.2, 0.25) is 5.91 Å². The van der Waals surface area contributed by atoms with Crippen molar-refractivity contribution in [2.24, 2.45) is 5.73 Å². The molecule has 2 rings (SSSR count). The third-order valence-corrected chi connectivity index (χ3v) is 2.81. The number of carbonyl (C=O) groups is 1. The second-order valence-corrected chi connectivity index (χ2v) is 4.12. The van der Waals surface area contributed by atoms with Crippen LogP contribution in [0, 0.1) is 0 Å². The van der Waals surface area contributed by atoms with Crippen LogP contribution in [0.3, 0.4) is 0 Å². The van der Waals surface area contributed by atoms with E-state index in [2.05, 4.69) is 5.32 Å². The van der Waals surface area contributed by atoms with Gasteiger partial charge in [0.1, 0.15) is 0 Å². The zero-order chi connectivity index (χ0) is 10.3. The molecule has 3 N–H and O–H groups in total. The van der Waals surface area contributed by atoms with Gasteiger partial charge in [-0.2, -0.15) is 0 Å². The van der Waals surface area contributed by atoms with Gasteiger partial charge >= 0.3 is 0 Å². The van der Waals surface area contributed by atoms with E-state index < -0.39 is 5.41 Å². The van der Waals surface area contributed by atoms with Crippen LogP contribution < -0.4 is 11.1 Å². The topological polar surface area (TPSA) is 55.1 Å². The van der Waals surface area contributed by atoms with Crippen LogP contribution in [0.1, 0.15) is 25.0 Å². The van der Waals surface area contributed by atoms with Crippen LogP contribution in [0.4, 0.5) is 5.69 Å². The quantitative estimate of drug-likeness (QED) is 0.702. The third kappa shape index (κ3) is 1.06. The summed E-state index contributed by atoms with van der Waals surface area (Å²) >= 11 is 0. The summed E-state index contributed by atoms with van der Waals surface area (Å²) < 4.78 is 0. The summed E-state index contributed by atoms with van der Waals surface area (Å²) in [5.74, 6) is 0.0494. The minimum Gasteiger partial charge on any atom is -0.326 e. The second kappa shape index (κ2) is 2.82. The molecule has 0 bridgehead atoms. The fraction of sp³-hybridized carbons (Fsp3) is 0.364. The summed E-state index contributed by atoms with van der Waals surface area (Å²) in [6.07, 6.45) is 0. The Morgan fingerprint density at radius 2 is 2.14 bits per heavy atom. The minimum absolute atomic E-state index is 0.0494. The molecular weight excluding hydrogens is 176 g/mol. The van der Waals surface area contributed by atoms with E-state index in [1.165, 1.54) is 0 Å². The van der Waals surface area contributed by atoms with Gasteiger partial charge in [-0.25, -0.2) is 0 Å². The molecule has 0 unspecified atom stereocenters. The van der Waals surface area contributed by atoms with Gasteiger partial charge < -0.3 is 11.1 Å². The summed E-state index contributed by atoms with van der Waals surface area (Å²) in [6.45, 7) is 4.32. The second-order valence-electron chi connectivity index (χ2n) is 4.12. The molecule has 0 aromatic heterocycles. The van der Waals surface area contributed by atoms with Gasteiger partial charge in [0.25, 0.3) is 0 Å². The summed E-state index contributed by atoms with van der Waals surface area (Å²) in [5, 5.41) is 2.87. The predicted molar refractivity (Wildman–Crippen MR) is 56.0 cm³/mol. The van der Waals surface area contributed by atoms with Gasteiger partial charge in [-0.1, -0.05) is 12.1 Å². The predicted octanol–water partition coefficient (Wildman–Crippen LogP) is 1.38. The van der Waals surface area contributed by atoms with Crippen molar-refractivity contribution < 1.29 is 4.79 Å². The van der Waals surface area contributed by atoms with Gasteiger partial charge in [-0.05, 0) is 31.0 Å². The zero-order valence-corrected chi connectivity index (χ0v) is 8.42. The molecule has 1 aliphatic rings. The molecule has 1 amide bonds. The van der Waals surface area contributed by atoms with Crippen molar-refractivity contribution in [3.05, 3.63) is 29.3 Å². The molecular formula is C11H14N2O. The maximum atomic E-state index is 11.7. The average molecular weight is 190 g/mol. The van der Waals surface area contributed by atoms with Gasteiger partial charge in [0.05, 0.1) is 5.41 Å². The standard InChI is InChI=1S/C11H14N2O/c1-11(2)9-7(6-12)4-3-5-8(9)13-10(11)14/h3-5H,6,12H2,1-2H3,(H,13,14). The lowest BCUT2D eigenvalue weighted by Gasteiger charge is -2.18. The van der Waals surface area contributed by atoms with E-state index >= 15 is 0 Å². The molecule has 1 heterocycles. The Morgan fingerprint density at radius 3 is 2.79 bits per heavy atom. The van der Waals surface area contributed by atoms with Gasteiger partial charge in [0.15, 0.2) is 0 Å². The summed E-state index contributed by atoms with van der Waals surface area (Å²) in [5.41, 5.74) is 8.20. The highest BCUT2D eigenvalue weighted by Gasteiger charge is 2.39. The molecule has 0 atom stereocenters. The number of rotatable bonds is 1. The SMILES string of the molecule is CC1(C)C(=O)Nc2cccc(CN)c21. The summed E-state index contributed by atoms with van der Waals surface area (Å²) in [6, 6.07) is 5.81. The van der Waals surface area contributed by atoms with Crippen LogP contribution in [0.2, 0.25) is 0 Å². The number of fused-ring (bicyclic) bond motifs is 1. The Labute approximate surface area is 83.3 Å². The Hall–Kier alpha value is -1.35. The van der Waals surface area contributed by atoms with Crippen LogP contribution in [0.5, 0.6) is 0 Å². The highest BCUT2D eigenvalue weighted by Crippen LogP contribution is 2.39. The molecule has 0 radical (unpaired) electrons. The maximum Gasteiger partial charge on any atom is 0.234 e. The monoisotopic (exact) mass is 190 g/mol. The lowest BCUT2D eigenvalue weighted by molar-refractivity contribution is -0.119. The molecule has 0 saturated heterocycles. The smallest absolute Gasteiger partial charge is 0.234 e. The maximum absolute atomic E-state index is 11.7. The molecule has 0 saturated carbocycles. The van der Waals surface area contributed by atoms with E-state index in [9.17, 15) is 4.79 Å². The number of hydrogen-bond donors (Lipinski definition) is 2. The number of anilines is 1. The van der Waals surface area contributed by atoms with Crippen molar-refractivity contribution in [2.45, 2.75) is 25.8 Å². The average Bonchev–Trinajstić information content (AvgIpc) is 2.38.